The number of hydrogen-bond donors (Lipinski definition) is 2. The van der Waals surface area contributed by atoms with Crippen LogP contribution in [-0.4, -0.2) is 25.9 Å². The molecule has 2 N–H and O–H groups in total. The Morgan fingerprint density at radius 1 is 1.14 bits per heavy atom. The smallest absolute Gasteiger partial charge is 0.274 e. The average Bonchev–Trinajstić information content (AvgIpc) is 2.69. The van der Waals surface area contributed by atoms with Crippen molar-refractivity contribution >= 4 is 23.1 Å². The molecule has 0 radical (unpaired) electrons. The molecular weight excluding hydrogens is 356 g/mol. The maximum Gasteiger partial charge on any atom is 0.274 e. The van der Waals surface area contributed by atoms with Gasteiger partial charge in [0.2, 0.25) is 5.95 Å². The molecule has 0 fully saturated rings. The Labute approximate surface area is 163 Å². The quantitative estimate of drug-likeness (QED) is 0.453. The minimum absolute atomic E-state index is 0.0574. The summed E-state index contributed by atoms with van der Waals surface area (Å²) in [7, 11) is 0. The normalized spacial score (nSPS) is 11.7. The van der Waals surface area contributed by atoms with E-state index in [2.05, 4.69) is 39.4 Å². The van der Waals surface area contributed by atoms with Gasteiger partial charge in [-0.15, -0.1) is 0 Å². The van der Waals surface area contributed by atoms with E-state index >= 15 is 0 Å². The Bertz CT molecular complexity index is 978. The maximum absolute atomic E-state index is 11.2. The van der Waals surface area contributed by atoms with E-state index in [-0.39, 0.29) is 11.7 Å². The fraction of sp³-hybridized carbons (Fsp3) is 0.250. The molecule has 0 bridgehead atoms. The van der Waals surface area contributed by atoms with Gasteiger partial charge in [-0.3, -0.25) is 15.1 Å². The lowest BCUT2D eigenvalue weighted by atomic mass is 10.1. The van der Waals surface area contributed by atoms with E-state index in [0.717, 1.165) is 12.1 Å². The fourth-order valence-electron chi connectivity index (χ4n) is 2.64. The highest BCUT2D eigenvalue weighted by molar-refractivity contribution is 5.69. The van der Waals surface area contributed by atoms with E-state index in [4.69, 9.17) is 0 Å². The topological polar surface area (TPSA) is 106 Å². The van der Waals surface area contributed by atoms with Crippen LogP contribution in [0.3, 0.4) is 0 Å². The minimum Gasteiger partial charge on any atom is -0.352 e. The van der Waals surface area contributed by atoms with Crippen LogP contribution in [0.5, 0.6) is 0 Å². The van der Waals surface area contributed by atoms with E-state index in [1.165, 1.54) is 6.07 Å². The van der Waals surface area contributed by atoms with Crippen LogP contribution in [0, 0.1) is 17.0 Å². The molecule has 1 atom stereocenters. The van der Waals surface area contributed by atoms with Gasteiger partial charge in [0.05, 0.1) is 21.9 Å². The second-order valence-corrected chi connectivity index (χ2v) is 6.46. The van der Waals surface area contributed by atoms with Gasteiger partial charge in [-0.1, -0.05) is 19.1 Å². The van der Waals surface area contributed by atoms with E-state index in [1.54, 1.807) is 31.3 Å². The number of rotatable bonds is 7. The molecule has 0 aliphatic rings. The van der Waals surface area contributed by atoms with Gasteiger partial charge < -0.3 is 10.6 Å². The van der Waals surface area contributed by atoms with Crippen LogP contribution < -0.4 is 10.6 Å². The SMILES string of the molecule is CC[C@H](C)Nc1nc(Nc2cccc([N+](=O)[O-])c2C)cc(-c2ccccn2)n1. The van der Waals surface area contributed by atoms with Crippen molar-refractivity contribution in [3.05, 3.63) is 64.3 Å². The standard InChI is InChI=1S/C20H22N6O2/c1-4-13(2)22-20-24-17(16-8-5-6-11-21-16)12-19(25-20)23-15-9-7-10-18(14(15)3)26(27)28/h5-13H,4H2,1-3H3,(H2,22,23,24,25)/t13-/m0/s1. The zero-order chi connectivity index (χ0) is 20.1. The zero-order valence-electron chi connectivity index (χ0n) is 16.0. The largest absolute Gasteiger partial charge is 0.352 e. The average molecular weight is 378 g/mol. The Hall–Kier alpha value is -3.55. The molecule has 0 spiro atoms. The lowest BCUT2D eigenvalue weighted by Gasteiger charge is -2.15. The number of hydrogen-bond acceptors (Lipinski definition) is 7. The van der Waals surface area contributed by atoms with E-state index in [9.17, 15) is 10.1 Å². The number of nitrogens with one attached hydrogen (secondary N) is 2. The molecule has 8 nitrogen and oxygen atoms in total. The number of benzene rings is 1. The highest BCUT2D eigenvalue weighted by Crippen LogP contribution is 2.29. The number of anilines is 3. The Balaban J connectivity index is 2.01. The summed E-state index contributed by atoms with van der Waals surface area (Å²) in [5.74, 6) is 1.01. The summed E-state index contributed by atoms with van der Waals surface area (Å²) in [6.07, 6.45) is 2.63. The van der Waals surface area contributed by atoms with Crippen molar-refractivity contribution in [1.29, 1.82) is 0 Å². The number of nitro groups is 1. The van der Waals surface area contributed by atoms with Gasteiger partial charge in [0.1, 0.15) is 5.82 Å². The molecule has 0 aliphatic heterocycles. The second kappa shape index (κ2) is 8.43. The van der Waals surface area contributed by atoms with Crippen LogP contribution in [-0.2, 0) is 0 Å². The third-order valence-corrected chi connectivity index (χ3v) is 4.41. The number of nitro benzene ring substituents is 1. The Kier molecular flexibility index (Phi) is 5.78. The van der Waals surface area contributed by atoms with Crippen LogP contribution in [0.4, 0.5) is 23.1 Å². The van der Waals surface area contributed by atoms with Gasteiger partial charge in [-0.05, 0) is 38.5 Å². The van der Waals surface area contributed by atoms with Crippen molar-refractivity contribution in [2.75, 3.05) is 10.6 Å². The second-order valence-electron chi connectivity index (χ2n) is 6.46. The highest BCUT2D eigenvalue weighted by atomic mass is 16.6. The molecule has 8 heteroatoms. The fourth-order valence-corrected chi connectivity index (χ4v) is 2.64. The first-order valence-electron chi connectivity index (χ1n) is 9.06. The lowest BCUT2D eigenvalue weighted by Crippen LogP contribution is -2.16. The molecule has 144 valence electrons. The van der Waals surface area contributed by atoms with Crippen molar-refractivity contribution in [3.63, 3.8) is 0 Å². The summed E-state index contributed by atoms with van der Waals surface area (Å²) in [6, 6.07) is 12.5. The molecule has 0 aliphatic carbocycles. The number of aromatic nitrogens is 3. The first kappa shape index (κ1) is 19.2. The van der Waals surface area contributed by atoms with Crippen LogP contribution >= 0.6 is 0 Å². The van der Waals surface area contributed by atoms with Crippen molar-refractivity contribution in [1.82, 2.24) is 15.0 Å². The molecule has 2 heterocycles. The summed E-state index contributed by atoms with van der Waals surface area (Å²) in [5.41, 5.74) is 2.60. The third-order valence-electron chi connectivity index (χ3n) is 4.41. The molecule has 0 unspecified atom stereocenters. The summed E-state index contributed by atoms with van der Waals surface area (Å²) < 4.78 is 0. The summed E-state index contributed by atoms with van der Waals surface area (Å²) in [4.78, 5) is 24.3. The van der Waals surface area contributed by atoms with Crippen molar-refractivity contribution in [3.8, 4) is 11.4 Å². The molecule has 0 amide bonds. The molecule has 0 saturated carbocycles. The van der Waals surface area contributed by atoms with Crippen molar-refractivity contribution in [2.24, 2.45) is 0 Å². The van der Waals surface area contributed by atoms with E-state index in [1.807, 2.05) is 18.2 Å². The number of nitrogens with zero attached hydrogens (tertiary/aromatic N) is 4. The summed E-state index contributed by atoms with van der Waals surface area (Å²) in [5, 5.41) is 17.7. The lowest BCUT2D eigenvalue weighted by molar-refractivity contribution is -0.385. The minimum atomic E-state index is -0.393. The van der Waals surface area contributed by atoms with Crippen LogP contribution in [0.2, 0.25) is 0 Å². The van der Waals surface area contributed by atoms with Gasteiger partial charge in [0.25, 0.3) is 5.69 Å². The number of pyridine rings is 1. The predicted octanol–water partition coefficient (Wildman–Crippen LogP) is 4.71. The Morgan fingerprint density at radius 3 is 2.64 bits per heavy atom. The van der Waals surface area contributed by atoms with Crippen molar-refractivity contribution in [2.45, 2.75) is 33.2 Å². The zero-order valence-corrected chi connectivity index (χ0v) is 16.0. The van der Waals surface area contributed by atoms with Gasteiger partial charge in [0, 0.05) is 30.1 Å². The highest BCUT2D eigenvalue weighted by Gasteiger charge is 2.15. The molecule has 2 aromatic heterocycles. The molecular formula is C20H22N6O2. The molecule has 3 aromatic rings. The van der Waals surface area contributed by atoms with Crippen LogP contribution in [0.25, 0.3) is 11.4 Å². The molecule has 1 aromatic carbocycles. The van der Waals surface area contributed by atoms with Crippen molar-refractivity contribution < 1.29 is 4.92 Å². The first-order chi connectivity index (χ1) is 13.5. The molecule has 3 rings (SSSR count). The van der Waals surface area contributed by atoms with Gasteiger partial charge in [-0.25, -0.2) is 4.98 Å². The van der Waals surface area contributed by atoms with E-state index in [0.29, 0.717) is 28.7 Å². The van der Waals surface area contributed by atoms with Crippen LogP contribution in [0.15, 0.2) is 48.7 Å². The van der Waals surface area contributed by atoms with Gasteiger partial charge >= 0.3 is 0 Å². The summed E-state index contributed by atoms with van der Waals surface area (Å²) in [6.45, 7) is 5.83. The third kappa shape index (κ3) is 4.40. The monoisotopic (exact) mass is 378 g/mol. The summed E-state index contributed by atoms with van der Waals surface area (Å²) >= 11 is 0. The van der Waals surface area contributed by atoms with Gasteiger partial charge in [-0.2, -0.15) is 4.98 Å². The van der Waals surface area contributed by atoms with Gasteiger partial charge in [0.15, 0.2) is 0 Å². The first-order valence-corrected chi connectivity index (χ1v) is 9.06. The molecule has 28 heavy (non-hydrogen) atoms. The van der Waals surface area contributed by atoms with E-state index < -0.39 is 4.92 Å². The molecule has 0 saturated heterocycles. The maximum atomic E-state index is 11.2. The Morgan fingerprint density at radius 2 is 1.96 bits per heavy atom. The van der Waals surface area contributed by atoms with Crippen LogP contribution in [0.1, 0.15) is 25.8 Å². The predicted molar refractivity (Wildman–Crippen MR) is 110 cm³/mol.